The molecule has 0 fully saturated rings. The Kier molecular flexibility index (Phi) is 4.19. The van der Waals surface area contributed by atoms with Crippen LogP contribution in [-0.2, 0) is 14.4 Å². The van der Waals surface area contributed by atoms with Gasteiger partial charge in [-0.2, -0.15) is 0 Å². The van der Waals surface area contributed by atoms with Crippen LogP contribution in [0.1, 0.15) is 12.5 Å². The molecule has 0 aliphatic carbocycles. The number of nitrogens with zero attached hydrogens (tertiary/aromatic N) is 1. The zero-order chi connectivity index (χ0) is 14.7. The van der Waals surface area contributed by atoms with Crippen LogP contribution in [0.25, 0.3) is 6.08 Å². The number of oxime groups is 1. The van der Waals surface area contributed by atoms with Gasteiger partial charge in [0.05, 0.1) is 15.8 Å². The van der Waals surface area contributed by atoms with E-state index in [4.69, 9.17) is 9.84 Å². The molecule has 0 spiro atoms. The number of aliphatic carboxylic acids is 1. The zero-order valence-electron chi connectivity index (χ0n) is 10.4. The van der Waals surface area contributed by atoms with Crippen molar-refractivity contribution in [3.8, 4) is 5.75 Å². The number of carbonyl (C=O) groups excluding carboxylic acids is 1. The Bertz CT molecular complexity index is 636. The molecule has 1 heterocycles. The first-order valence-corrected chi connectivity index (χ1v) is 6.39. The molecular weight excluding hydrogens is 330 g/mol. The van der Waals surface area contributed by atoms with Crippen molar-refractivity contribution in [1.82, 2.24) is 0 Å². The second kappa shape index (κ2) is 5.87. The molecule has 1 aliphatic rings. The van der Waals surface area contributed by atoms with Crippen LogP contribution < -0.4 is 4.74 Å². The third-order valence-electron chi connectivity index (χ3n) is 2.49. The van der Waals surface area contributed by atoms with Crippen molar-refractivity contribution in [3.63, 3.8) is 0 Å². The van der Waals surface area contributed by atoms with Crippen molar-refractivity contribution >= 4 is 39.7 Å². The molecule has 0 bridgehead atoms. The molecule has 1 aromatic rings. The van der Waals surface area contributed by atoms with Gasteiger partial charge in [0.1, 0.15) is 5.75 Å². The lowest BCUT2D eigenvalue weighted by atomic mass is 10.1. The third-order valence-corrected chi connectivity index (χ3v) is 3.11. The average Bonchev–Trinajstić information content (AvgIpc) is 2.69. The molecule has 1 aliphatic heterocycles. The quantitative estimate of drug-likeness (QED) is 0.671. The lowest BCUT2D eigenvalue weighted by molar-refractivity contribution is -0.139. The normalized spacial score (nSPS) is 16.0. The second-order valence-electron chi connectivity index (χ2n) is 3.99. The van der Waals surface area contributed by atoms with Crippen LogP contribution in [0.2, 0.25) is 0 Å². The first-order chi connectivity index (χ1) is 9.47. The standard InChI is InChI=1S/C13H10BrNO5/c1-7-9(13(18)20-15-7)4-8-2-3-11(10(14)5-8)19-6-12(16)17/h2-5H,6H2,1H3,(H,16,17)/b9-4-. The van der Waals surface area contributed by atoms with Crippen LogP contribution >= 0.6 is 15.9 Å². The summed E-state index contributed by atoms with van der Waals surface area (Å²) in [4.78, 5) is 26.4. The molecule has 104 valence electrons. The molecule has 0 saturated heterocycles. The van der Waals surface area contributed by atoms with Gasteiger partial charge in [-0.25, -0.2) is 9.59 Å². The number of carboxylic acid groups (broad SMARTS) is 1. The first kappa shape index (κ1) is 14.3. The Morgan fingerprint density at radius 3 is 2.85 bits per heavy atom. The van der Waals surface area contributed by atoms with Crippen LogP contribution in [0, 0.1) is 0 Å². The molecular formula is C13H10BrNO5. The second-order valence-corrected chi connectivity index (χ2v) is 4.84. The number of hydrogen-bond acceptors (Lipinski definition) is 5. The lowest BCUT2D eigenvalue weighted by Crippen LogP contribution is -2.09. The highest BCUT2D eigenvalue weighted by Crippen LogP contribution is 2.27. The minimum Gasteiger partial charge on any atom is -0.481 e. The number of carboxylic acids is 1. The Hall–Kier alpha value is -2.15. The third kappa shape index (κ3) is 3.24. The van der Waals surface area contributed by atoms with Gasteiger partial charge in [0.15, 0.2) is 6.61 Å². The molecule has 0 atom stereocenters. The Morgan fingerprint density at radius 1 is 1.55 bits per heavy atom. The van der Waals surface area contributed by atoms with E-state index in [9.17, 15) is 9.59 Å². The van der Waals surface area contributed by atoms with Crippen molar-refractivity contribution in [2.24, 2.45) is 5.16 Å². The van der Waals surface area contributed by atoms with E-state index in [0.29, 0.717) is 21.5 Å². The molecule has 7 heteroatoms. The van der Waals surface area contributed by atoms with Gasteiger partial charge in [-0.3, -0.25) is 0 Å². The van der Waals surface area contributed by atoms with E-state index in [2.05, 4.69) is 25.9 Å². The minimum absolute atomic E-state index is 0.385. The molecule has 1 aromatic carbocycles. The van der Waals surface area contributed by atoms with Crippen molar-refractivity contribution < 1.29 is 24.3 Å². The topological polar surface area (TPSA) is 85.2 Å². The number of carbonyl (C=O) groups is 2. The molecule has 0 saturated carbocycles. The van der Waals surface area contributed by atoms with E-state index in [1.165, 1.54) is 0 Å². The van der Waals surface area contributed by atoms with Gasteiger partial charge in [0, 0.05) is 0 Å². The fraction of sp³-hybridized carbons (Fsp3) is 0.154. The van der Waals surface area contributed by atoms with E-state index in [-0.39, 0.29) is 0 Å². The molecule has 20 heavy (non-hydrogen) atoms. The van der Waals surface area contributed by atoms with Gasteiger partial charge in [0.2, 0.25) is 0 Å². The van der Waals surface area contributed by atoms with Gasteiger partial charge in [-0.05, 0) is 46.6 Å². The number of hydrogen-bond donors (Lipinski definition) is 1. The number of benzene rings is 1. The fourth-order valence-electron chi connectivity index (χ4n) is 1.55. The first-order valence-electron chi connectivity index (χ1n) is 5.59. The summed E-state index contributed by atoms with van der Waals surface area (Å²) in [6, 6.07) is 5.03. The Balaban J connectivity index is 2.21. The lowest BCUT2D eigenvalue weighted by Gasteiger charge is -2.06. The molecule has 0 unspecified atom stereocenters. The largest absolute Gasteiger partial charge is 0.481 e. The molecule has 0 aromatic heterocycles. The van der Waals surface area contributed by atoms with Crippen LogP contribution in [0.5, 0.6) is 5.75 Å². The maximum atomic E-state index is 11.4. The van der Waals surface area contributed by atoms with Gasteiger partial charge >= 0.3 is 11.9 Å². The summed E-state index contributed by atoms with van der Waals surface area (Å²) >= 11 is 3.28. The number of ether oxygens (including phenoxy) is 1. The van der Waals surface area contributed by atoms with Gasteiger partial charge in [0.25, 0.3) is 0 Å². The van der Waals surface area contributed by atoms with E-state index in [0.717, 1.165) is 5.56 Å². The Morgan fingerprint density at radius 2 is 2.30 bits per heavy atom. The fourth-order valence-corrected chi connectivity index (χ4v) is 2.06. The molecule has 0 radical (unpaired) electrons. The maximum absolute atomic E-state index is 11.4. The molecule has 6 nitrogen and oxygen atoms in total. The summed E-state index contributed by atoms with van der Waals surface area (Å²) < 4.78 is 5.67. The van der Waals surface area contributed by atoms with E-state index in [1.807, 2.05) is 0 Å². The number of rotatable bonds is 4. The maximum Gasteiger partial charge on any atom is 0.367 e. The van der Waals surface area contributed by atoms with Crippen LogP contribution in [-0.4, -0.2) is 29.4 Å². The van der Waals surface area contributed by atoms with Gasteiger partial charge < -0.3 is 14.7 Å². The van der Waals surface area contributed by atoms with Gasteiger partial charge in [-0.15, -0.1) is 0 Å². The molecule has 0 amide bonds. The monoisotopic (exact) mass is 339 g/mol. The van der Waals surface area contributed by atoms with Crippen LogP contribution in [0.15, 0.2) is 33.4 Å². The highest BCUT2D eigenvalue weighted by atomic mass is 79.9. The summed E-state index contributed by atoms with van der Waals surface area (Å²) in [5, 5.41) is 12.1. The highest BCUT2D eigenvalue weighted by molar-refractivity contribution is 9.10. The summed E-state index contributed by atoms with van der Waals surface area (Å²) in [5.74, 6) is -1.14. The summed E-state index contributed by atoms with van der Waals surface area (Å²) in [6.07, 6.45) is 1.64. The summed E-state index contributed by atoms with van der Waals surface area (Å²) in [7, 11) is 0. The smallest absolute Gasteiger partial charge is 0.367 e. The summed E-state index contributed by atoms with van der Waals surface area (Å²) in [6.45, 7) is 1.26. The Labute approximate surface area is 122 Å². The average molecular weight is 340 g/mol. The van der Waals surface area contributed by atoms with Crippen LogP contribution in [0.4, 0.5) is 0 Å². The van der Waals surface area contributed by atoms with E-state index in [1.54, 1.807) is 31.2 Å². The predicted octanol–water partition coefficient (Wildman–Crippen LogP) is 2.23. The van der Waals surface area contributed by atoms with Crippen molar-refractivity contribution in [2.75, 3.05) is 6.61 Å². The molecule has 2 rings (SSSR count). The summed E-state index contributed by atoms with van der Waals surface area (Å²) in [5.41, 5.74) is 1.64. The van der Waals surface area contributed by atoms with Gasteiger partial charge in [-0.1, -0.05) is 11.2 Å². The number of halogens is 1. The van der Waals surface area contributed by atoms with E-state index < -0.39 is 18.5 Å². The predicted molar refractivity (Wildman–Crippen MR) is 74.5 cm³/mol. The molecule has 1 N–H and O–H groups in total. The van der Waals surface area contributed by atoms with Crippen molar-refractivity contribution in [3.05, 3.63) is 33.8 Å². The highest BCUT2D eigenvalue weighted by Gasteiger charge is 2.21. The SMILES string of the molecule is CC1=NOC(=O)/C1=C\c1ccc(OCC(=O)O)c(Br)c1. The minimum atomic E-state index is -1.05. The zero-order valence-corrected chi connectivity index (χ0v) is 12.0. The van der Waals surface area contributed by atoms with Crippen molar-refractivity contribution in [1.29, 1.82) is 0 Å². The van der Waals surface area contributed by atoms with E-state index >= 15 is 0 Å². The van der Waals surface area contributed by atoms with Crippen LogP contribution in [0.3, 0.4) is 0 Å². The van der Waals surface area contributed by atoms with Crippen molar-refractivity contribution in [2.45, 2.75) is 6.92 Å².